The number of methoxy groups -OCH3 is 1. The van der Waals surface area contributed by atoms with Crippen molar-refractivity contribution in [3.05, 3.63) is 37.1 Å². The topological polar surface area (TPSA) is 27.1 Å². The predicted octanol–water partition coefficient (Wildman–Crippen LogP) is 2.23. The normalized spacial score (nSPS) is 10.4. The van der Waals surface area contributed by atoms with Gasteiger partial charge in [-0.2, -0.15) is 5.10 Å². The van der Waals surface area contributed by atoms with Crippen molar-refractivity contribution in [1.82, 2.24) is 9.78 Å². The highest BCUT2D eigenvalue weighted by Crippen LogP contribution is 2.20. The number of ether oxygens (including phenoxy) is 1. The molecule has 0 aliphatic rings. The van der Waals surface area contributed by atoms with Crippen molar-refractivity contribution >= 4 is 10.9 Å². The quantitative estimate of drug-likeness (QED) is 0.690. The van der Waals surface area contributed by atoms with Gasteiger partial charge in [0.1, 0.15) is 5.75 Å². The molecule has 0 saturated carbocycles. The fourth-order valence-electron chi connectivity index (χ4n) is 1.46. The van der Waals surface area contributed by atoms with Crippen LogP contribution in [0.4, 0.5) is 0 Å². The molecule has 0 amide bonds. The number of aromatic nitrogens is 2. The Kier molecular flexibility index (Phi) is 2.23. The van der Waals surface area contributed by atoms with Crippen LogP contribution in [-0.2, 0) is 6.54 Å². The lowest BCUT2D eigenvalue weighted by Crippen LogP contribution is -1.95. The Morgan fingerprint density at radius 1 is 1.57 bits per heavy atom. The van der Waals surface area contributed by atoms with Gasteiger partial charge in [0.15, 0.2) is 0 Å². The van der Waals surface area contributed by atoms with Gasteiger partial charge in [0, 0.05) is 5.39 Å². The molecule has 2 aromatic rings. The highest BCUT2D eigenvalue weighted by molar-refractivity contribution is 5.80. The molecule has 72 valence electrons. The monoisotopic (exact) mass is 188 g/mol. The summed E-state index contributed by atoms with van der Waals surface area (Å²) in [5.74, 6) is 0.857. The fraction of sp³-hybridized carbons (Fsp3) is 0.182. The van der Waals surface area contributed by atoms with Crippen LogP contribution in [0, 0.1) is 0 Å². The van der Waals surface area contributed by atoms with Gasteiger partial charge in [0.2, 0.25) is 0 Å². The SMILES string of the molecule is C=CCn1ncc2cc(OC)ccc21. The van der Waals surface area contributed by atoms with Crippen molar-refractivity contribution in [2.45, 2.75) is 6.54 Å². The Morgan fingerprint density at radius 3 is 3.14 bits per heavy atom. The summed E-state index contributed by atoms with van der Waals surface area (Å²) in [4.78, 5) is 0. The van der Waals surface area contributed by atoms with Crippen LogP contribution in [0.5, 0.6) is 5.75 Å². The Bertz CT molecular complexity index is 459. The summed E-state index contributed by atoms with van der Waals surface area (Å²) in [5.41, 5.74) is 1.10. The summed E-state index contributed by atoms with van der Waals surface area (Å²) in [7, 11) is 1.66. The minimum Gasteiger partial charge on any atom is -0.497 e. The lowest BCUT2D eigenvalue weighted by molar-refractivity contribution is 0.415. The van der Waals surface area contributed by atoms with Gasteiger partial charge in [-0.25, -0.2) is 0 Å². The standard InChI is InChI=1S/C11H12N2O/c1-3-6-13-11-5-4-10(14-2)7-9(11)8-12-13/h3-5,7-8H,1,6H2,2H3. The maximum Gasteiger partial charge on any atom is 0.119 e. The highest BCUT2D eigenvalue weighted by atomic mass is 16.5. The van der Waals surface area contributed by atoms with E-state index < -0.39 is 0 Å². The van der Waals surface area contributed by atoms with E-state index >= 15 is 0 Å². The van der Waals surface area contributed by atoms with E-state index in [1.165, 1.54) is 0 Å². The molecule has 0 aliphatic carbocycles. The van der Waals surface area contributed by atoms with Crippen LogP contribution in [0.3, 0.4) is 0 Å². The largest absolute Gasteiger partial charge is 0.497 e. The number of nitrogens with zero attached hydrogens (tertiary/aromatic N) is 2. The molecular weight excluding hydrogens is 176 g/mol. The molecular formula is C11H12N2O. The number of fused-ring (bicyclic) bond motifs is 1. The van der Waals surface area contributed by atoms with Crippen molar-refractivity contribution in [2.75, 3.05) is 7.11 Å². The van der Waals surface area contributed by atoms with Crippen LogP contribution in [-0.4, -0.2) is 16.9 Å². The van der Waals surface area contributed by atoms with E-state index in [9.17, 15) is 0 Å². The van der Waals surface area contributed by atoms with Gasteiger partial charge in [-0.05, 0) is 18.2 Å². The molecule has 0 fully saturated rings. The third-order valence-electron chi connectivity index (χ3n) is 2.15. The summed E-state index contributed by atoms with van der Waals surface area (Å²) >= 11 is 0. The van der Waals surface area contributed by atoms with Crippen molar-refractivity contribution in [3.63, 3.8) is 0 Å². The fourth-order valence-corrected chi connectivity index (χ4v) is 1.46. The molecule has 0 unspecified atom stereocenters. The van der Waals surface area contributed by atoms with E-state index in [-0.39, 0.29) is 0 Å². The van der Waals surface area contributed by atoms with E-state index in [1.54, 1.807) is 7.11 Å². The number of hydrogen-bond donors (Lipinski definition) is 0. The van der Waals surface area contributed by atoms with E-state index in [0.29, 0.717) is 0 Å². The number of rotatable bonds is 3. The summed E-state index contributed by atoms with van der Waals surface area (Å²) in [6.45, 7) is 4.42. The highest BCUT2D eigenvalue weighted by Gasteiger charge is 2.01. The van der Waals surface area contributed by atoms with Gasteiger partial charge in [-0.3, -0.25) is 4.68 Å². The van der Waals surface area contributed by atoms with Crippen LogP contribution in [0.25, 0.3) is 10.9 Å². The van der Waals surface area contributed by atoms with Gasteiger partial charge in [-0.1, -0.05) is 6.08 Å². The average Bonchev–Trinajstić information content (AvgIpc) is 2.61. The molecule has 1 aromatic heterocycles. The maximum atomic E-state index is 5.13. The lowest BCUT2D eigenvalue weighted by Gasteiger charge is -2.00. The van der Waals surface area contributed by atoms with E-state index in [0.717, 1.165) is 23.2 Å². The predicted molar refractivity (Wildman–Crippen MR) is 56.5 cm³/mol. The zero-order valence-electron chi connectivity index (χ0n) is 8.10. The Labute approximate surface area is 82.6 Å². The number of benzene rings is 1. The van der Waals surface area contributed by atoms with E-state index in [4.69, 9.17) is 4.74 Å². The molecule has 1 aromatic carbocycles. The second-order valence-corrected chi connectivity index (χ2v) is 3.04. The molecule has 0 saturated heterocycles. The van der Waals surface area contributed by atoms with Crippen LogP contribution in [0.2, 0.25) is 0 Å². The first-order valence-electron chi connectivity index (χ1n) is 4.45. The molecule has 0 bridgehead atoms. The van der Waals surface area contributed by atoms with Crippen LogP contribution >= 0.6 is 0 Å². The molecule has 2 rings (SSSR count). The molecule has 1 heterocycles. The summed E-state index contributed by atoms with van der Waals surface area (Å²) in [6, 6.07) is 5.91. The third kappa shape index (κ3) is 1.37. The van der Waals surface area contributed by atoms with E-state index in [1.807, 2.05) is 35.2 Å². The van der Waals surface area contributed by atoms with Crippen molar-refractivity contribution in [2.24, 2.45) is 0 Å². The lowest BCUT2D eigenvalue weighted by atomic mass is 10.2. The minimum atomic E-state index is 0.732. The number of hydrogen-bond acceptors (Lipinski definition) is 2. The van der Waals surface area contributed by atoms with Crippen molar-refractivity contribution in [1.29, 1.82) is 0 Å². The Balaban J connectivity index is 2.53. The third-order valence-corrected chi connectivity index (χ3v) is 2.15. The summed E-state index contributed by atoms with van der Waals surface area (Å²) in [6.07, 6.45) is 3.66. The molecule has 0 atom stereocenters. The first kappa shape index (κ1) is 8.81. The molecule has 3 nitrogen and oxygen atoms in total. The molecule has 0 aliphatic heterocycles. The maximum absolute atomic E-state index is 5.13. The van der Waals surface area contributed by atoms with Gasteiger partial charge >= 0.3 is 0 Å². The molecule has 3 heteroatoms. The van der Waals surface area contributed by atoms with Crippen molar-refractivity contribution < 1.29 is 4.74 Å². The van der Waals surface area contributed by atoms with Crippen LogP contribution in [0.1, 0.15) is 0 Å². The average molecular weight is 188 g/mol. The summed E-state index contributed by atoms with van der Waals surface area (Å²) in [5, 5.41) is 5.34. The number of allylic oxidation sites excluding steroid dienone is 1. The van der Waals surface area contributed by atoms with Crippen molar-refractivity contribution in [3.8, 4) is 5.75 Å². The Morgan fingerprint density at radius 2 is 2.43 bits per heavy atom. The van der Waals surface area contributed by atoms with Gasteiger partial charge in [0.25, 0.3) is 0 Å². The molecule has 0 radical (unpaired) electrons. The van der Waals surface area contributed by atoms with Gasteiger partial charge in [-0.15, -0.1) is 6.58 Å². The molecule has 14 heavy (non-hydrogen) atoms. The zero-order valence-corrected chi connectivity index (χ0v) is 8.10. The smallest absolute Gasteiger partial charge is 0.119 e. The van der Waals surface area contributed by atoms with Crippen LogP contribution < -0.4 is 4.74 Å². The Hall–Kier alpha value is -1.77. The molecule has 0 N–H and O–H groups in total. The minimum absolute atomic E-state index is 0.732. The second-order valence-electron chi connectivity index (χ2n) is 3.04. The first-order valence-corrected chi connectivity index (χ1v) is 4.45. The van der Waals surface area contributed by atoms with E-state index in [2.05, 4.69) is 11.7 Å². The molecule has 0 spiro atoms. The van der Waals surface area contributed by atoms with Crippen LogP contribution in [0.15, 0.2) is 37.1 Å². The van der Waals surface area contributed by atoms with Gasteiger partial charge in [0.05, 0.1) is 25.4 Å². The summed E-state index contributed by atoms with van der Waals surface area (Å²) < 4.78 is 7.04. The first-order chi connectivity index (χ1) is 6.85. The van der Waals surface area contributed by atoms with Gasteiger partial charge < -0.3 is 4.74 Å². The zero-order chi connectivity index (χ0) is 9.97. The second kappa shape index (κ2) is 3.54.